The summed E-state index contributed by atoms with van der Waals surface area (Å²) in [5.41, 5.74) is 0.706. The Labute approximate surface area is 185 Å². The van der Waals surface area contributed by atoms with E-state index in [1.54, 1.807) is 31.2 Å². The number of rotatable bonds is 6. The van der Waals surface area contributed by atoms with Crippen molar-refractivity contribution in [2.75, 3.05) is 5.32 Å². The molecule has 0 aliphatic rings. The predicted octanol–water partition coefficient (Wildman–Crippen LogP) is 3.49. The van der Waals surface area contributed by atoms with Crippen LogP contribution < -0.4 is 16.2 Å². The number of nitrogens with zero attached hydrogens (tertiary/aromatic N) is 3. The van der Waals surface area contributed by atoms with Crippen LogP contribution in [0.5, 0.6) is 0 Å². The zero-order valence-electron chi connectivity index (χ0n) is 16.8. The lowest BCUT2D eigenvalue weighted by atomic mass is 10.1. The Morgan fingerprint density at radius 3 is 2.65 bits per heavy atom. The molecule has 10 heteroatoms. The van der Waals surface area contributed by atoms with Gasteiger partial charge in [-0.2, -0.15) is 5.10 Å². The van der Waals surface area contributed by atoms with Gasteiger partial charge in [0.1, 0.15) is 0 Å². The van der Waals surface area contributed by atoms with E-state index in [2.05, 4.69) is 20.7 Å². The fraction of sp³-hybridized carbons (Fsp3) is 0.190. The molecule has 0 atom stereocenters. The number of benzene rings is 1. The standard InChI is InChI=1S/C21H19N5O3S2/c1-3-26-20(29)15-7-5-4-6-14(15)18(25-26)19(28)24-21-23-16(11-30-21)17-9-8-13(31-17)10-22-12(2)27/h4-9,11H,3,10H2,1-2H3,(H,22,27)(H,23,24,28). The van der Waals surface area contributed by atoms with Gasteiger partial charge in [0.2, 0.25) is 5.91 Å². The van der Waals surface area contributed by atoms with E-state index in [0.717, 1.165) is 15.4 Å². The molecule has 0 unspecified atom stereocenters. The maximum Gasteiger partial charge on any atom is 0.278 e. The Morgan fingerprint density at radius 1 is 1.13 bits per heavy atom. The first-order valence-electron chi connectivity index (χ1n) is 9.56. The zero-order valence-corrected chi connectivity index (χ0v) is 18.5. The monoisotopic (exact) mass is 453 g/mol. The van der Waals surface area contributed by atoms with Crippen LogP contribution in [0.3, 0.4) is 0 Å². The van der Waals surface area contributed by atoms with Gasteiger partial charge >= 0.3 is 0 Å². The number of aromatic nitrogens is 3. The molecule has 2 N–H and O–H groups in total. The summed E-state index contributed by atoms with van der Waals surface area (Å²) in [6.07, 6.45) is 0. The van der Waals surface area contributed by atoms with Crippen molar-refractivity contribution in [1.29, 1.82) is 0 Å². The van der Waals surface area contributed by atoms with Gasteiger partial charge in [-0.1, -0.05) is 18.2 Å². The van der Waals surface area contributed by atoms with Crippen LogP contribution in [-0.2, 0) is 17.9 Å². The Bertz CT molecular complexity index is 1340. The van der Waals surface area contributed by atoms with E-state index in [1.165, 1.54) is 34.3 Å². The van der Waals surface area contributed by atoms with E-state index in [1.807, 2.05) is 17.5 Å². The molecule has 2 amide bonds. The topological polar surface area (TPSA) is 106 Å². The van der Waals surface area contributed by atoms with Crippen molar-refractivity contribution in [3.05, 3.63) is 62.7 Å². The average molecular weight is 454 g/mol. The minimum atomic E-state index is -0.420. The first-order valence-corrected chi connectivity index (χ1v) is 11.3. The number of amides is 2. The maximum atomic E-state index is 12.9. The van der Waals surface area contributed by atoms with Crippen molar-refractivity contribution in [1.82, 2.24) is 20.1 Å². The predicted molar refractivity (Wildman–Crippen MR) is 123 cm³/mol. The molecule has 4 rings (SSSR count). The highest BCUT2D eigenvalue weighted by atomic mass is 32.1. The second-order valence-corrected chi connectivity index (χ2v) is 8.71. The molecule has 8 nitrogen and oxygen atoms in total. The van der Waals surface area contributed by atoms with Gasteiger partial charge in [-0.05, 0) is 25.1 Å². The molecule has 158 valence electrons. The fourth-order valence-corrected chi connectivity index (χ4v) is 4.73. The molecule has 0 aliphatic heterocycles. The van der Waals surface area contributed by atoms with Crippen LogP contribution in [0, 0.1) is 0 Å². The number of aryl methyl sites for hydroxylation is 1. The molecule has 0 saturated heterocycles. The number of thiophene rings is 1. The second kappa shape index (κ2) is 8.78. The third kappa shape index (κ3) is 4.39. The van der Waals surface area contributed by atoms with E-state index in [9.17, 15) is 14.4 Å². The average Bonchev–Trinajstić information content (AvgIpc) is 3.42. The molecule has 3 aromatic heterocycles. The summed E-state index contributed by atoms with van der Waals surface area (Å²) in [7, 11) is 0. The van der Waals surface area contributed by atoms with Gasteiger partial charge in [0.25, 0.3) is 11.5 Å². The molecule has 0 aliphatic carbocycles. The van der Waals surface area contributed by atoms with E-state index in [0.29, 0.717) is 29.0 Å². The Kier molecular flexibility index (Phi) is 5.92. The summed E-state index contributed by atoms with van der Waals surface area (Å²) in [5.74, 6) is -0.499. The third-order valence-corrected chi connectivity index (χ3v) is 6.40. The van der Waals surface area contributed by atoms with Gasteiger partial charge in [0.05, 0.1) is 22.5 Å². The van der Waals surface area contributed by atoms with Crippen molar-refractivity contribution >= 4 is 50.4 Å². The molecule has 3 heterocycles. The van der Waals surface area contributed by atoms with Crippen molar-refractivity contribution in [2.45, 2.75) is 26.9 Å². The van der Waals surface area contributed by atoms with E-state index in [-0.39, 0.29) is 17.2 Å². The molecule has 0 saturated carbocycles. The van der Waals surface area contributed by atoms with Crippen LogP contribution in [0.2, 0.25) is 0 Å². The first-order chi connectivity index (χ1) is 15.0. The fourth-order valence-electron chi connectivity index (χ4n) is 3.04. The molecule has 0 radical (unpaired) electrons. The minimum Gasteiger partial charge on any atom is -0.351 e. The lowest BCUT2D eigenvalue weighted by Crippen LogP contribution is -2.27. The summed E-state index contributed by atoms with van der Waals surface area (Å²) in [6.45, 7) is 4.12. The molecule has 0 fully saturated rings. The van der Waals surface area contributed by atoms with Crippen LogP contribution in [0.4, 0.5) is 5.13 Å². The lowest BCUT2D eigenvalue weighted by Gasteiger charge is -2.09. The van der Waals surface area contributed by atoms with Crippen LogP contribution in [0.15, 0.2) is 46.6 Å². The molecule has 0 spiro atoms. The van der Waals surface area contributed by atoms with Crippen molar-refractivity contribution < 1.29 is 9.59 Å². The third-order valence-electron chi connectivity index (χ3n) is 4.53. The molecule has 1 aromatic carbocycles. The smallest absolute Gasteiger partial charge is 0.278 e. The molecular weight excluding hydrogens is 434 g/mol. The van der Waals surface area contributed by atoms with Gasteiger partial charge in [-0.15, -0.1) is 22.7 Å². The van der Waals surface area contributed by atoms with Crippen LogP contribution in [0.25, 0.3) is 21.3 Å². The molecular formula is C21H19N5O3S2. The quantitative estimate of drug-likeness (QED) is 0.465. The highest BCUT2D eigenvalue weighted by Gasteiger charge is 2.18. The Balaban J connectivity index is 1.57. The number of carbonyl (C=O) groups excluding carboxylic acids is 2. The number of carbonyl (C=O) groups is 2. The van der Waals surface area contributed by atoms with Crippen molar-refractivity contribution in [3.63, 3.8) is 0 Å². The highest BCUT2D eigenvalue weighted by Crippen LogP contribution is 2.31. The summed E-state index contributed by atoms with van der Waals surface area (Å²) >= 11 is 2.84. The van der Waals surface area contributed by atoms with Crippen LogP contribution in [0.1, 0.15) is 29.2 Å². The van der Waals surface area contributed by atoms with Gasteiger partial charge in [-0.3, -0.25) is 19.7 Å². The van der Waals surface area contributed by atoms with Crippen LogP contribution in [-0.4, -0.2) is 26.6 Å². The van der Waals surface area contributed by atoms with E-state index < -0.39 is 5.91 Å². The molecule has 31 heavy (non-hydrogen) atoms. The van der Waals surface area contributed by atoms with Crippen molar-refractivity contribution in [3.8, 4) is 10.6 Å². The first kappa shape index (κ1) is 20.9. The van der Waals surface area contributed by atoms with E-state index >= 15 is 0 Å². The second-order valence-electron chi connectivity index (χ2n) is 6.68. The number of hydrogen-bond donors (Lipinski definition) is 2. The van der Waals surface area contributed by atoms with E-state index in [4.69, 9.17) is 0 Å². The number of nitrogens with one attached hydrogen (secondary N) is 2. The Morgan fingerprint density at radius 2 is 1.90 bits per heavy atom. The largest absolute Gasteiger partial charge is 0.351 e. The van der Waals surface area contributed by atoms with Gasteiger partial charge in [-0.25, -0.2) is 9.67 Å². The number of fused-ring (bicyclic) bond motifs is 1. The lowest BCUT2D eigenvalue weighted by molar-refractivity contribution is -0.119. The van der Waals surface area contributed by atoms with Crippen molar-refractivity contribution in [2.24, 2.45) is 0 Å². The summed E-state index contributed by atoms with van der Waals surface area (Å²) < 4.78 is 1.28. The summed E-state index contributed by atoms with van der Waals surface area (Å²) in [4.78, 5) is 43.0. The van der Waals surface area contributed by atoms with Gasteiger partial charge < -0.3 is 5.32 Å². The number of anilines is 1. The Hall–Kier alpha value is -3.37. The molecule has 0 bridgehead atoms. The van der Waals surface area contributed by atoms with Gasteiger partial charge in [0.15, 0.2) is 10.8 Å². The van der Waals surface area contributed by atoms with Gasteiger partial charge in [0, 0.05) is 29.1 Å². The normalized spacial score (nSPS) is 10.9. The summed E-state index contributed by atoms with van der Waals surface area (Å²) in [6, 6.07) is 10.8. The van der Waals surface area contributed by atoms with Crippen LogP contribution >= 0.6 is 22.7 Å². The number of thiazole rings is 1. The minimum absolute atomic E-state index is 0.0795. The zero-order chi connectivity index (χ0) is 22.0. The SMILES string of the molecule is CCn1nc(C(=O)Nc2nc(-c3ccc(CNC(C)=O)s3)cs2)c2ccccc2c1=O. The molecule has 4 aromatic rings. The summed E-state index contributed by atoms with van der Waals surface area (Å²) in [5, 5.41) is 13.1. The number of hydrogen-bond acceptors (Lipinski definition) is 7. The highest BCUT2D eigenvalue weighted by molar-refractivity contribution is 7.17. The maximum absolute atomic E-state index is 12.9.